The quantitative estimate of drug-likeness (QED) is 0.909. The molecule has 2 aromatic rings. The highest BCUT2D eigenvalue weighted by Crippen LogP contribution is 2.34. The minimum Gasteiger partial charge on any atom is -0.373 e. The molecule has 1 aliphatic rings. The van der Waals surface area contributed by atoms with Gasteiger partial charge in [0.05, 0.1) is 0 Å². The molecule has 0 unspecified atom stereocenters. The van der Waals surface area contributed by atoms with Gasteiger partial charge in [0.25, 0.3) is 0 Å². The summed E-state index contributed by atoms with van der Waals surface area (Å²) in [6.07, 6.45) is 2.65. The van der Waals surface area contributed by atoms with Gasteiger partial charge < -0.3 is 10.2 Å². The maximum Gasteiger partial charge on any atom is 0.134 e. The van der Waals surface area contributed by atoms with Gasteiger partial charge in [-0.05, 0) is 31.4 Å². The molecule has 2 heterocycles. The number of aromatic nitrogens is 2. The Kier molecular flexibility index (Phi) is 3.08. The summed E-state index contributed by atoms with van der Waals surface area (Å²) in [5.41, 5.74) is 2.88. The minimum atomic E-state index is 0.0493. The molecule has 1 N–H and O–H groups in total. The fourth-order valence-electron chi connectivity index (χ4n) is 2.85. The predicted octanol–water partition coefficient (Wildman–Crippen LogP) is 2.86. The molecule has 4 heteroatoms. The fraction of sp³-hybridized carbons (Fsp3) is 0.375. The van der Waals surface area contributed by atoms with Crippen molar-refractivity contribution in [3.8, 4) is 0 Å². The van der Waals surface area contributed by atoms with Gasteiger partial charge in [0, 0.05) is 25.2 Å². The second kappa shape index (κ2) is 4.78. The summed E-state index contributed by atoms with van der Waals surface area (Å²) in [7, 11) is 1.88. The molecule has 0 spiro atoms. The largest absolute Gasteiger partial charge is 0.373 e. The highest BCUT2D eigenvalue weighted by atomic mass is 15.3. The average Bonchev–Trinajstić information content (AvgIpc) is 2.45. The van der Waals surface area contributed by atoms with Crippen LogP contribution in [0.25, 0.3) is 0 Å². The van der Waals surface area contributed by atoms with Gasteiger partial charge in [-0.3, -0.25) is 0 Å². The zero-order valence-electron chi connectivity index (χ0n) is 12.2. The van der Waals surface area contributed by atoms with Crippen molar-refractivity contribution in [1.82, 2.24) is 9.97 Å². The van der Waals surface area contributed by atoms with Gasteiger partial charge in [-0.2, -0.15) is 0 Å². The van der Waals surface area contributed by atoms with E-state index in [0.717, 1.165) is 24.6 Å². The van der Waals surface area contributed by atoms with Gasteiger partial charge in [-0.15, -0.1) is 0 Å². The molecule has 1 aromatic heterocycles. The molecule has 20 heavy (non-hydrogen) atoms. The summed E-state index contributed by atoms with van der Waals surface area (Å²) >= 11 is 0. The van der Waals surface area contributed by atoms with Crippen LogP contribution in [-0.4, -0.2) is 22.6 Å². The molecule has 0 saturated carbocycles. The number of nitrogens with zero attached hydrogens (tertiary/aromatic N) is 3. The standard InChI is InChI=1S/C16H20N4/c1-16(2)9-12-6-4-5-7-13(12)10-20(16)15-8-14(17-3)18-11-19-15/h4-8,11H,9-10H2,1-3H3,(H,17,18,19). The monoisotopic (exact) mass is 268 g/mol. The van der Waals surface area contributed by atoms with Gasteiger partial charge in [0.1, 0.15) is 18.0 Å². The van der Waals surface area contributed by atoms with Crippen molar-refractivity contribution in [2.75, 3.05) is 17.3 Å². The third-order valence-electron chi connectivity index (χ3n) is 3.99. The third-order valence-corrected chi connectivity index (χ3v) is 3.99. The van der Waals surface area contributed by atoms with Gasteiger partial charge >= 0.3 is 0 Å². The van der Waals surface area contributed by atoms with Crippen LogP contribution in [0.5, 0.6) is 0 Å². The van der Waals surface area contributed by atoms with Crippen LogP contribution in [0.15, 0.2) is 36.7 Å². The Labute approximate surface area is 119 Å². The van der Waals surface area contributed by atoms with Crippen LogP contribution < -0.4 is 10.2 Å². The minimum absolute atomic E-state index is 0.0493. The number of benzene rings is 1. The molecule has 104 valence electrons. The second-order valence-electron chi connectivity index (χ2n) is 5.86. The first-order valence-electron chi connectivity index (χ1n) is 6.94. The summed E-state index contributed by atoms with van der Waals surface area (Å²) in [6.45, 7) is 5.43. The van der Waals surface area contributed by atoms with E-state index in [4.69, 9.17) is 0 Å². The van der Waals surface area contributed by atoms with E-state index in [1.165, 1.54) is 11.1 Å². The van der Waals surface area contributed by atoms with E-state index in [0.29, 0.717) is 0 Å². The normalized spacial score (nSPS) is 16.6. The zero-order chi connectivity index (χ0) is 14.2. The smallest absolute Gasteiger partial charge is 0.134 e. The molecule has 1 aromatic carbocycles. The van der Waals surface area contributed by atoms with Crippen LogP contribution in [0, 0.1) is 0 Å². The summed E-state index contributed by atoms with van der Waals surface area (Å²) < 4.78 is 0. The lowest BCUT2D eigenvalue weighted by atomic mass is 9.85. The maximum absolute atomic E-state index is 4.45. The molecule has 4 nitrogen and oxygen atoms in total. The first-order valence-corrected chi connectivity index (χ1v) is 6.94. The SMILES string of the molecule is CNc1cc(N2Cc3ccccc3CC2(C)C)ncn1. The van der Waals surface area contributed by atoms with Crippen molar-refractivity contribution < 1.29 is 0 Å². The number of anilines is 2. The number of hydrogen-bond acceptors (Lipinski definition) is 4. The number of fused-ring (bicyclic) bond motifs is 1. The maximum atomic E-state index is 4.45. The number of nitrogens with one attached hydrogen (secondary N) is 1. The van der Waals surface area contributed by atoms with Crippen molar-refractivity contribution >= 4 is 11.6 Å². The molecule has 0 aliphatic carbocycles. The van der Waals surface area contributed by atoms with E-state index in [1.54, 1.807) is 6.33 Å². The molecule has 0 amide bonds. The third kappa shape index (κ3) is 2.22. The Morgan fingerprint density at radius 1 is 1.15 bits per heavy atom. The molecular formula is C16H20N4. The fourth-order valence-corrected chi connectivity index (χ4v) is 2.85. The molecule has 0 fully saturated rings. The molecule has 3 rings (SSSR count). The molecule has 0 bridgehead atoms. The second-order valence-corrected chi connectivity index (χ2v) is 5.86. The van der Waals surface area contributed by atoms with Crippen LogP contribution >= 0.6 is 0 Å². The topological polar surface area (TPSA) is 41.0 Å². The molecule has 0 atom stereocenters. The summed E-state index contributed by atoms with van der Waals surface area (Å²) in [5.74, 6) is 1.83. The summed E-state index contributed by atoms with van der Waals surface area (Å²) in [6, 6.07) is 10.7. The van der Waals surface area contributed by atoms with Crippen molar-refractivity contribution in [3.05, 3.63) is 47.8 Å². The highest BCUT2D eigenvalue weighted by Gasteiger charge is 2.33. The Morgan fingerprint density at radius 2 is 1.90 bits per heavy atom. The van der Waals surface area contributed by atoms with E-state index in [-0.39, 0.29) is 5.54 Å². The Hall–Kier alpha value is -2.10. The molecule has 0 saturated heterocycles. The van der Waals surface area contributed by atoms with E-state index >= 15 is 0 Å². The van der Waals surface area contributed by atoms with Gasteiger partial charge in [0.2, 0.25) is 0 Å². The lowest BCUT2D eigenvalue weighted by molar-refractivity contribution is 0.427. The molecule has 0 radical (unpaired) electrons. The highest BCUT2D eigenvalue weighted by molar-refractivity contribution is 5.52. The van der Waals surface area contributed by atoms with E-state index in [9.17, 15) is 0 Å². The van der Waals surface area contributed by atoms with Gasteiger partial charge in [-0.25, -0.2) is 9.97 Å². The van der Waals surface area contributed by atoms with Gasteiger partial charge in [-0.1, -0.05) is 24.3 Å². The van der Waals surface area contributed by atoms with Crippen molar-refractivity contribution in [1.29, 1.82) is 0 Å². The van der Waals surface area contributed by atoms with Crippen LogP contribution in [0.2, 0.25) is 0 Å². The van der Waals surface area contributed by atoms with Crippen LogP contribution in [-0.2, 0) is 13.0 Å². The first-order chi connectivity index (χ1) is 9.60. The van der Waals surface area contributed by atoms with E-state index in [1.807, 2.05) is 13.1 Å². The van der Waals surface area contributed by atoms with E-state index < -0.39 is 0 Å². The first kappa shape index (κ1) is 12.9. The van der Waals surface area contributed by atoms with Crippen molar-refractivity contribution in [2.24, 2.45) is 0 Å². The average molecular weight is 268 g/mol. The molecular weight excluding hydrogens is 248 g/mol. The van der Waals surface area contributed by atoms with Crippen LogP contribution in [0.1, 0.15) is 25.0 Å². The van der Waals surface area contributed by atoms with Crippen LogP contribution in [0.3, 0.4) is 0 Å². The van der Waals surface area contributed by atoms with Crippen molar-refractivity contribution in [2.45, 2.75) is 32.4 Å². The summed E-state index contributed by atoms with van der Waals surface area (Å²) in [5, 5.41) is 3.08. The Balaban J connectivity index is 2.00. The van der Waals surface area contributed by atoms with Gasteiger partial charge in [0.15, 0.2) is 0 Å². The van der Waals surface area contributed by atoms with E-state index in [2.05, 4.69) is 58.3 Å². The van der Waals surface area contributed by atoms with Crippen LogP contribution in [0.4, 0.5) is 11.6 Å². The number of hydrogen-bond donors (Lipinski definition) is 1. The Morgan fingerprint density at radius 3 is 2.65 bits per heavy atom. The molecule has 1 aliphatic heterocycles. The predicted molar refractivity (Wildman–Crippen MR) is 82.0 cm³/mol. The summed E-state index contributed by atoms with van der Waals surface area (Å²) in [4.78, 5) is 11.0. The number of rotatable bonds is 2. The lowest BCUT2D eigenvalue weighted by Crippen LogP contribution is -2.49. The zero-order valence-corrected chi connectivity index (χ0v) is 12.2. The Bertz CT molecular complexity index is 621. The lowest BCUT2D eigenvalue weighted by Gasteiger charge is -2.44. The van der Waals surface area contributed by atoms with Crippen molar-refractivity contribution in [3.63, 3.8) is 0 Å².